The van der Waals surface area contributed by atoms with E-state index in [1.54, 1.807) is 38.5 Å². The van der Waals surface area contributed by atoms with Crippen molar-refractivity contribution in [1.29, 1.82) is 5.26 Å². The Morgan fingerprint density at radius 3 is 0.851 bits per heavy atom. The summed E-state index contributed by atoms with van der Waals surface area (Å²) in [4.78, 5) is 0. The zero-order valence-corrected chi connectivity index (χ0v) is 69.1. The lowest BCUT2D eigenvalue weighted by Crippen LogP contribution is -2.48. The molecule has 0 amide bonds. The van der Waals surface area contributed by atoms with E-state index >= 15 is 0 Å². The van der Waals surface area contributed by atoms with Crippen LogP contribution in [0.2, 0.25) is 0 Å². The van der Waals surface area contributed by atoms with E-state index in [2.05, 4.69) is 141 Å². The zero-order valence-electron chi connectivity index (χ0n) is 74.1. The Kier molecular flexibility index (Phi) is 49.1. The number of nitriles is 1. The quantitative estimate of drug-likeness (QED) is 0.214. The molecule has 4 bridgehead atoms. The molecule has 10 aliphatic rings. The molecule has 0 unspecified atom stereocenters. The summed E-state index contributed by atoms with van der Waals surface area (Å²) in [5, 5.41) is 7.89. The summed E-state index contributed by atoms with van der Waals surface area (Å²) in [5.74, 6) is 14.3. The summed E-state index contributed by atoms with van der Waals surface area (Å²) < 4.78 is 38.0. The van der Waals surface area contributed by atoms with Crippen LogP contribution in [0.3, 0.4) is 0 Å². The minimum atomic E-state index is -1.06. The number of nitrogens with zero attached hydrogens (tertiary/aromatic N) is 1. The van der Waals surface area contributed by atoms with Gasteiger partial charge in [-0.25, -0.2) is 0 Å². The first-order valence-electron chi connectivity index (χ1n) is 44.6. The highest BCUT2D eigenvalue weighted by Gasteiger charge is 2.52. The van der Waals surface area contributed by atoms with E-state index in [0.717, 1.165) is 108 Å². The molecule has 556 valence electrons. The maximum absolute atomic E-state index is 8.08. The standard InChI is InChI=1S/C13H22.C11H22.C10H14.C10H20.2C9H18.2C8H16.C8H18.C4H7N.C3H8/c1-9(2)13-6-10-3-11(7-13)5-12(4-10)8-13;1-10(2)11-8-6-4-3-5-7-9-11;1-9(2)8-10-6-4-3-5-7-10;1-9(2)10-7-5-3-4-6-8-10;2*1-8(2)9-6-4-3-5-7-9;2*1-7(2)8-5-3-4-6-8;1-7(2)6-8(3,4)5;1-4(2)3-5;1-3-2/h9-12H,3-8H2,1-2H3;10-11H,3-9H2,1-2H3;3-7,9H,8H2,1-2H3;9-10H,3-8H2,1-2H3;2*8-9H,3-7H2,1-2H3;2*7-8H,3-6H2,1-2H3;7H,6H2,1-5H3;4H,1-2H3;3H2,1-2H3/i;;;;9D;;8D;;6D2;;3D. The zero-order chi connectivity index (χ0) is 75.6. The summed E-state index contributed by atoms with van der Waals surface area (Å²) in [6.45, 7) is 54.1. The van der Waals surface area contributed by atoms with Gasteiger partial charge in [0.15, 0.2) is 0 Å². The maximum atomic E-state index is 8.08. The van der Waals surface area contributed by atoms with E-state index in [0.29, 0.717) is 11.8 Å². The van der Waals surface area contributed by atoms with Crippen LogP contribution in [0.25, 0.3) is 0 Å². The van der Waals surface area contributed by atoms with Crippen LogP contribution in [-0.2, 0) is 6.42 Å². The molecule has 0 aliphatic heterocycles. The van der Waals surface area contributed by atoms with Crippen molar-refractivity contribution in [2.45, 2.75) is 430 Å². The lowest BCUT2D eigenvalue weighted by Gasteiger charge is -2.58. The number of hydrogen-bond acceptors (Lipinski definition) is 1. The molecule has 0 radical (unpaired) electrons. The lowest BCUT2D eigenvalue weighted by molar-refractivity contribution is -0.0789. The van der Waals surface area contributed by atoms with Crippen molar-refractivity contribution < 1.29 is 6.85 Å². The van der Waals surface area contributed by atoms with Crippen molar-refractivity contribution in [3.8, 4) is 6.07 Å². The van der Waals surface area contributed by atoms with Gasteiger partial charge in [0, 0.05) is 12.8 Å². The van der Waals surface area contributed by atoms with Crippen molar-refractivity contribution in [3.05, 3.63) is 35.9 Å². The van der Waals surface area contributed by atoms with Gasteiger partial charge in [-0.1, -0.05) is 395 Å². The van der Waals surface area contributed by atoms with Crippen LogP contribution < -0.4 is 0 Å². The summed E-state index contributed by atoms with van der Waals surface area (Å²) in [6, 6.07) is 12.6. The Bertz CT molecular complexity index is 1990. The van der Waals surface area contributed by atoms with Gasteiger partial charge in [-0.2, -0.15) is 5.26 Å². The minimum Gasteiger partial charge on any atom is -0.198 e. The summed E-state index contributed by atoms with van der Waals surface area (Å²) in [6.07, 6.45) is 53.5. The summed E-state index contributed by atoms with van der Waals surface area (Å²) in [7, 11) is 0. The number of rotatable bonds is 10. The predicted octanol–water partition coefficient (Wildman–Crippen LogP) is 32.1. The van der Waals surface area contributed by atoms with Crippen LogP contribution in [0.5, 0.6) is 0 Å². The Hall–Kier alpha value is -1.29. The van der Waals surface area contributed by atoms with Crippen LogP contribution in [0.4, 0.5) is 0 Å². The van der Waals surface area contributed by atoms with Crippen LogP contribution in [0, 0.1) is 135 Å². The largest absolute Gasteiger partial charge is 0.198 e. The topological polar surface area (TPSA) is 23.8 Å². The Balaban J connectivity index is 0.00000108. The first-order chi connectivity index (χ1) is 46.2. The SMILES string of the molecule is CC(C)C#N.CC(C)C12CC3CC(CC(C3)C1)C2.CC(C)C1CCCC1.CC(C)C1CCCCC1.CC(C)C1CCCCCC1.CC(C)C1CCCCCCC1.CC(C)Cc1ccccc1.[2H]C(C)C.[2H]C([2H])(C(C)C)C(C)(C)C.[2H]C1(C(C)C)CCCC1.[2H]C1(C(C)C)CCCCC1. The first kappa shape index (κ1) is 83.4. The van der Waals surface area contributed by atoms with Gasteiger partial charge in [-0.15, -0.1) is 0 Å². The maximum Gasteiger partial charge on any atom is 0.0649 e. The molecular weight excluding hydrogens is 1130 g/mol. The molecule has 0 atom stereocenters. The van der Waals surface area contributed by atoms with Crippen LogP contribution in [0.1, 0.15) is 436 Å². The van der Waals surface area contributed by atoms with E-state index < -0.39 is 6.37 Å². The number of benzene rings is 1. The molecule has 10 fully saturated rings. The van der Waals surface area contributed by atoms with Crippen molar-refractivity contribution in [2.24, 2.45) is 123 Å². The van der Waals surface area contributed by atoms with Crippen molar-refractivity contribution in [1.82, 2.24) is 0 Å². The normalized spacial score (nSPS) is 25.3. The molecule has 0 spiro atoms. The molecule has 0 aromatic heterocycles. The monoisotopic (exact) mass is 1320 g/mol. The highest BCUT2D eigenvalue weighted by molar-refractivity contribution is 5.14. The van der Waals surface area contributed by atoms with E-state index in [1.165, 1.54) is 185 Å². The third kappa shape index (κ3) is 47.7. The molecule has 10 saturated carbocycles. The second-order valence-corrected chi connectivity index (χ2v) is 36.6. The fraction of sp³-hybridized carbons (Fsp3) is 0.925. The lowest BCUT2D eigenvalue weighted by atomic mass is 9.47. The number of hydrogen-bond donors (Lipinski definition) is 0. The molecule has 0 heterocycles. The first-order valence-corrected chi connectivity index (χ1v) is 42.0. The van der Waals surface area contributed by atoms with E-state index in [-0.39, 0.29) is 35.4 Å². The molecule has 11 rings (SSSR count). The van der Waals surface area contributed by atoms with Gasteiger partial charge in [0.25, 0.3) is 0 Å². The molecule has 1 heteroatoms. The Morgan fingerprint density at radius 2 is 0.649 bits per heavy atom. The summed E-state index contributed by atoms with van der Waals surface area (Å²) >= 11 is 0. The third-order valence-corrected chi connectivity index (χ3v) is 23.0. The van der Waals surface area contributed by atoms with Gasteiger partial charge in [-0.05, 0) is 188 Å². The van der Waals surface area contributed by atoms with Crippen LogP contribution in [0.15, 0.2) is 30.3 Å². The van der Waals surface area contributed by atoms with Gasteiger partial charge in [0.2, 0.25) is 0 Å². The molecule has 1 aromatic carbocycles. The average molecular weight is 1320 g/mol. The third-order valence-electron chi connectivity index (χ3n) is 23.0. The second-order valence-electron chi connectivity index (χ2n) is 36.6. The van der Waals surface area contributed by atoms with Gasteiger partial charge in [0.05, 0.1) is 6.07 Å². The second kappa shape index (κ2) is 55.4. The molecule has 1 nitrogen and oxygen atoms in total. The van der Waals surface area contributed by atoms with Crippen molar-refractivity contribution in [3.63, 3.8) is 0 Å². The van der Waals surface area contributed by atoms with Crippen molar-refractivity contribution >= 4 is 0 Å². The summed E-state index contributed by atoms with van der Waals surface area (Å²) in [5.41, 5.74) is 1.99. The molecule has 0 N–H and O–H groups in total. The highest BCUT2D eigenvalue weighted by Crippen LogP contribution is 2.62. The van der Waals surface area contributed by atoms with Crippen molar-refractivity contribution in [2.75, 3.05) is 0 Å². The minimum absolute atomic E-state index is 0.0556. The van der Waals surface area contributed by atoms with Gasteiger partial charge < -0.3 is 0 Å². The average Bonchev–Trinajstić information content (AvgIpc) is 1.19. The van der Waals surface area contributed by atoms with Crippen LogP contribution >= 0.6 is 0 Å². The Morgan fingerprint density at radius 1 is 0.404 bits per heavy atom. The fourth-order valence-electron chi connectivity index (χ4n) is 17.4. The van der Waals surface area contributed by atoms with E-state index in [4.69, 9.17) is 12.1 Å². The van der Waals surface area contributed by atoms with Gasteiger partial charge >= 0.3 is 0 Å². The molecule has 0 saturated heterocycles. The van der Waals surface area contributed by atoms with Gasteiger partial charge in [0.1, 0.15) is 0 Å². The Labute approximate surface area is 604 Å². The highest BCUT2D eigenvalue weighted by atomic mass is 14.6. The van der Waals surface area contributed by atoms with Gasteiger partial charge in [-0.3, -0.25) is 0 Å². The van der Waals surface area contributed by atoms with E-state index in [9.17, 15) is 0 Å². The predicted molar refractivity (Wildman–Crippen MR) is 429 cm³/mol. The molecular formula is C93H179N. The smallest absolute Gasteiger partial charge is 0.0649 e. The molecule has 10 aliphatic carbocycles. The van der Waals surface area contributed by atoms with E-state index in [1.807, 2.05) is 68.4 Å². The molecule has 94 heavy (non-hydrogen) atoms. The molecule has 1 aromatic rings. The fourth-order valence-corrected chi connectivity index (χ4v) is 17.4. The van der Waals surface area contributed by atoms with Crippen LogP contribution in [-0.4, -0.2) is 0 Å².